The summed E-state index contributed by atoms with van der Waals surface area (Å²) in [6.45, 7) is 6.65. The Hall–Kier alpha value is -2.41. The van der Waals surface area contributed by atoms with Gasteiger partial charge in [0.25, 0.3) is 0 Å². The van der Waals surface area contributed by atoms with Crippen LogP contribution in [0.3, 0.4) is 0 Å². The van der Waals surface area contributed by atoms with E-state index in [1.165, 1.54) is 11.8 Å². The Bertz CT molecular complexity index is 853. The minimum Gasteiger partial charge on any atom is -0.362 e. The number of aryl methyl sites for hydroxylation is 2. The van der Waals surface area contributed by atoms with Crippen molar-refractivity contribution in [3.8, 4) is 11.4 Å². The fraction of sp³-hybridized carbons (Fsp3) is 0.294. The molecule has 3 aromatic heterocycles. The Balaban J connectivity index is 1.78. The van der Waals surface area contributed by atoms with Gasteiger partial charge in [0.15, 0.2) is 16.8 Å². The molecule has 0 fully saturated rings. The molecular formula is C17H19N5OS. The fourth-order valence-electron chi connectivity index (χ4n) is 2.62. The minimum absolute atomic E-state index is 0.0953. The van der Waals surface area contributed by atoms with E-state index in [0.717, 1.165) is 40.0 Å². The molecule has 0 atom stereocenters. The summed E-state index contributed by atoms with van der Waals surface area (Å²) in [6.07, 6.45) is 3.47. The standard InChI is InChI=1S/C17H19N5OS/c1-4-22-16(13-5-7-18-8-6-13)20-21-17(22)24-10-15(23)14-9-11(2)19-12(14)3/h5-9,19H,4,10H2,1-3H3. The Morgan fingerprint density at radius 3 is 2.62 bits per heavy atom. The third-order valence-electron chi connectivity index (χ3n) is 3.75. The summed E-state index contributed by atoms with van der Waals surface area (Å²) in [7, 11) is 0. The SMILES string of the molecule is CCn1c(SCC(=O)c2cc(C)[nH]c2C)nnc1-c1ccncc1. The van der Waals surface area contributed by atoms with Crippen LogP contribution >= 0.6 is 11.8 Å². The summed E-state index contributed by atoms with van der Waals surface area (Å²) in [6, 6.07) is 5.70. The van der Waals surface area contributed by atoms with Crippen LogP contribution in [-0.4, -0.2) is 36.3 Å². The van der Waals surface area contributed by atoms with Crippen molar-refractivity contribution in [2.75, 3.05) is 5.75 Å². The summed E-state index contributed by atoms with van der Waals surface area (Å²) < 4.78 is 2.02. The van der Waals surface area contributed by atoms with Crippen LogP contribution in [0.4, 0.5) is 0 Å². The Kier molecular flexibility index (Phi) is 4.80. The van der Waals surface area contributed by atoms with Gasteiger partial charge in [-0.25, -0.2) is 0 Å². The number of nitrogens with one attached hydrogen (secondary N) is 1. The Morgan fingerprint density at radius 1 is 1.25 bits per heavy atom. The summed E-state index contributed by atoms with van der Waals surface area (Å²) in [5.41, 5.74) is 3.62. The normalized spacial score (nSPS) is 11.0. The maximum Gasteiger partial charge on any atom is 0.191 e. The number of thioether (sulfide) groups is 1. The molecule has 0 radical (unpaired) electrons. The average Bonchev–Trinajstić information content (AvgIpc) is 3.15. The lowest BCUT2D eigenvalue weighted by Gasteiger charge is -2.06. The van der Waals surface area contributed by atoms with Crippen molar-refractivity contribution < 1.29 is 4.79 Å². The second-order valence-electron chi connectivity index (χ2n) is 5.49. The van der Waals surface area contributed by atoms with E-state index in [9.17, 15) is 4.79 Å². The van der Waals surface area contributed by atoms with Crippen LogP contribution in [0.1, 0.15) is 28.7 Å². The van der Waals surface area contributed by atoms with E-state index >= 15 is 0 Å². The van der Waals surface area contributed by atoms with E-state index in [4.69, 9.17) is 0 Å². The molecule has 0 aliphatic carbocycles. The van der Waals surface area contributed by atoms with Crippen molar-refractivity contribution in [1.29, 1.82) is 0 Å². The van der Waals surface area contributed by atoms with E-state index in [1.807, 2.05) is 43.5 Å². The van der Waals surface area contributed by atoms with E-state index in [0.29, 0.717) is 5.75 Å². The number of carbonyl (C=O) groups excluding carboxylic acids is 1. The second kappa shape index (κ2) is 7.00. The largest absolute Gasteiger partial charge is 0.362 e. The number of Topliss-reactive ketones (excluding diaryl/α,β-unsaturated/α-hetero) is 1. The molecule has 0 saturated carbocycles. The topological polar surface area (TPSA) is 76.5 Å². The van der Waals surface area contributed by atoms with Crippen LogP contribution in [0, 0.1) is 13.8 Å². The summed E-state index contributed by atoms with van der Waals surface area (Å²) in [5.74, 6) is 1.23. The highest BCUT2D eigenvalue weighted by atomic mass is 32.2. The molecule has 3 rings (SSSR count). The molecule has 0 aromatic carbocycles. The smallest absolute Gasteiger partial charge is 0.191 e. The van der Waals surface area contributed by atoms with Gasteiger partial charge in [-0.2, -0.15) is 0 Å². The Morgan fingerprint density at radius 2 is 2.00 bits per heavy atom. The molecule has 7 heteroatoms. The maximum absolute atomic E-state index is 12.4. The van der Waals surface area contributed by atoms with E-state index in [-0.39, 0.29) is 5.78 Å². The van der Waals surface area contributed by atoms with Crippen molar-refractivity contribution >= 4 is 17.5 Å². The molecule has 0 spiro atoms. The molecule has 3 heterocycles. The van der Waals surface area contributed by atoms with Gasteiger partial charge < -0.3 is 9.55 Å². The van der Waals surface area contributed by atoms with Crippen molar-refractivity contribution in [3.63, 3.8) is 0 Å². The molecule has 124 valence electrons. The zero-order valence-electron chi connectivity index (χ0n) is 13.9. The quantitative estimate of drug-likeness (QED) is 0.550. The van der Waals surface area contributed by atoms with Gasteiger partial charge in [-0.15, -0.1) is 10.2 Å². The summed E-state index contributed by atoms with van der Waals surface area (Å²) in [4.78, 5) is 19.6. The second-order valence-corrected chi connectivity index (χ2v) is 6.43. The lowest BCUT2D eigenvalue weighted by Crippen LogP contribution is -2.05. The molecule has 1 N–H and O–H groups in total. The van der Waals surface area contributed by atoms with E-state index in [2.05, 4.69) is 20.2 Å². The average molecular weight is 341 g/mol. The lowest BCUT2D eigenvalue weighted by molar-refractivity contribution is 0.102. The van der Waals surface area contributed by atoms with Gasteiger partial charge in [0.2, 0.25) is 0 Å². The molecule has 0 bridgehead atoms. The summed E-state index contributed by atoms with van der Waals surface area (Å²) in [5, 5.41) is 9.28. The van der Waals surface area contributed by atoms with Gasteiger partial charge in [-0.3, -0.25) is 9.78 Å². The molecule has 6 nitrogen and oxygen atoms in total. The first-order chi connectivity index (χ1) is 11.6. The Labute approximate surface area is 144 Å². The number of nitrogens with zero attached hydrogens (tertiary/aromatic N) is 4. The molecule has 0 saturated heterocycles. The molecule has 0 unspecified atom stereocenters. The predicted molar refractivity (Wildman–Crippen MR) is 94.2 cm³/mol. The maximum atomic E-state index is 12.4. The monoisotopic (exact) mass is 341 g/mol. The number of hydrogen-bond acceptors (Lipinski definition) is 5. The van der Waals surface area contributed by atoms with Gasteiger partial charge in [0.05, 0.1) is 5.75 Å². The van der Waals surface area contributed by atoms with Gasteiger partial charge in [0, 0.05) is 41.5 Å². The van der Waals surface area contributed by atoms with Crippen LogP contribution in [0.25, 0.3) is 11.4 Å². The van der Waals surface area contributed by atoms with Gasteiger partial charge in [-0.1, -0.05) is 11.8 Å². The highest BCUT2D eigenvalue weighted by molar-refractivity contribution is 7.99. The van der Waals surface area contributed by atoms with Crippen LogP contribution < -0.4 is 0 Å². The minimum atomic E-state index is 0.0953. The number of pyridine rings is 1. The van der Waals surface area contributed by atoms with Crippen LogP contribution in [0.2, 0.25) is 0 Å². The first-order valence-electron chi connectivity index (χ1n) is 7.76. The molecule has 0 amide bonds. The number of carbonyl (C=O) groups is 1. The number of aromatic amines is 1. The van der Waals surface area contributed by atoms with Crippen molar-refractivity contribution in [2.24, 2.45) is 0 Å². The third kappa shape index (κ3) is 3.26. The zero-order valence-corrected chi connectivity index (χ0v) is 14.7. The van der Waals surface area contributed by atoms with Gasteiger partial charge >= 0.3 is 0 Å². The zero-order chi connectivity index (χ0) is 17.1. The molecule has 0 aliphatic rings. The predicted octanol–water partition coefficient (Wildman–Crippen LogP) is 3.28. The van der Waals surface area contributed by atoms with E-state index in [1.54, 1.807) is 12.4 Å². The van der Waals surface area contributed by atoms with Crippen molar-refractivity contribution in [3.05, 3.63) is 47.5 Å². The van der Waals surface area contributed by atoms with Crippen LogP contribution in [0.15, 0.2) is 35.7 Å². The first-order valence-corrected chi connectivity index (χ1v) is 8.74. The molecule has 3 aromatic rings. The fourth-order valence-corrected chi connectivity index (χ4v) is 3.50. The third-order valence-corrected chi connectivity index (χ3v) is 4.72. The highest BCUT2D eigenvalue weighted by Crippen LogP contribution is 2.24. The van der Waals surface area contributed by atoms with Crippen LogP contribution in [-0.2, 0) is 6.54 Å². The summed E-state index contributed by atoms with van der Waals surface area (Å²) >= 11 is 1.42. The molecule has 0 aliphatic heterocycles. The van der Waals surface area contributed by atoms with Crippen molar-refractivity contribution in [1.82, 2.24) is 24.7 Å². The number of ketones is 1. The van der Waals surface area contributed by atoms with E-state index < -0.39 is 0 Å². The number of hydrogen-bond donors (Lipinski definition) is 1. The lowest BCUT2D eigenvalue weighted by atomic mass is 10.2. The highest BCUT2D eigenvalue weighted by Gasteiger charge is 2.16. The van der Waals surface area contributed by atoms with Gasteiger partial charge in [0.1, 0.15) is 0 Å². The number of rotatable bonds is 6. The molecular weight excluding hydrogens is 322 g/mol. The van der Waals surface area contributed by atoms with Crippen LogP contribution in [0.5, 0.6) is 0 Å². The van der Waals surface area contributed by atoms with Gasteiger partial charge in [-0.05, 0) is 39.0 Å². The first kappa shape index (κ1) is 16.4. The van der Waals surface area contributed by atoms with Crippen molar-refractivity contribution in [2.45, 2.75) is 32.5 Å². The molecule has 24 heavy (non-hydrogen) atoms. The number of aromatic nitrogens is 5. The number of H-pyrrole nitrogens is 1.